The molecule has 4 N–H and O–H groups in total. The zero-order chi connectivity index (χ0) is 38.7. The molecule has 6 rings (SSSR count). The number of urea groups is 1. The minimum absolute atomic E-state index is 0.0530. The second-order valence-electron chi connectivity index (χ2n) is 14.4. The normalized spacial score (nSPS) is 20.0. The van der Waals surface area contributed by atoms with Gasteiger partial charge in [-0.2, -0.15) is 0 Å². The summed E-state index contributed by atoms with van der Waals surface area (Å²) in [4.78, 5) is 27.3. The van der Waals surface area contributed by atoms with E-state index in [4.69, 9.17) is 9.47 Å². The van der Waals surface area contributed by atoms with E-state index in [-0.39, 0.29) is 37.0 Å². The summed E-state index contributed by atoms with van der Waals surface area (Å²) < 4.78 is 13.8. The van der Waals surface area contributed by atoms with E-state index in [0.29, 0.717) is 13.0 Å². The number of Topliss-reactive ketones (excluding diaryl/α,β-unsaturated/α-hetero) is 1. The third kappa shape index (κ3) is 10.3. The third-order valence-corrected chi connectivity index (χ3v) is 10.5. The van der Waals surface area contributed by atoms with E-state index in [1.807, 2.05) is 141 Å². The van der Waals surface area contributed by atoms with Gasteiger partial charge in [0.15, 0.2) is 12.1 Å². The molecule has 0 aliphatic carbocycles. The first kappa shape index (κ1) is 39.5. The van der Waals surface area contributed by atoms with Gasteiger partial charge < -0.3 is 30.3 Å². The first-order valence-electron chi connectivity index (χ1n) is 18.9. The van der Waals surface area contributed by atoms with E-state index in [0.717, 1.165) is 38.9 Å². The van der Waals surface area contributed by atoms with Crippen LogP contribution in [0.25, 0.3) is 0 Å². The Hall–Kier alpha value is -5.16. The summed E-state index contributed by atoms with van der Waals surface area (Å²) in [5, 5.41) is 26.8. The highest BCUT2D eigenvalue weighted by Gasteiger charge is 2.43. The van der Waals surface area contributed by atoms with Gasteiger partial charge in [-0.15, -0.1) is 0 Å². The van der Waals surface area contributed by atoms with Crippen molar-refractivity contribution in [2.24, 2.45) is 0 Å². The Bertz CT molecular complexity index is 1940. The van der Waals surface area contributed by atoms with Crippen molar-refractivity contribution in [2.75, 3.05) is 13.6 Å². The lowest BCUT2D eigenvalue weighted by Gasteiger charge is -2.45. The van der Waals surface area contributed by atoms with E-state index in [1.165, 1.54) is 6.92 Å². The molecule has 0 saturated carbocycles. The minimum atomic E-state index is -0.713. The maximum absolute atomic E-state index is 12.8. The molecular formula is C46H51N3O6. The molecule has 0 spiro atoms. The molecule has 7 unspecified atom stereocenters. The number of likely N-dealkylation sites (N-methyl/N-ethyl adjacent to an activating group) is 1. The minimum Gasteiger partial charge on any atom is -0.392 e. The Morgan fingerprint density at radius 3 is 1.93 bits per heavy atom. The van der Waals surface area contributed by atoms with Gasteiger partial charge in [-0.3, -0.25) is 9.69 Å². The fraction of sp³-hybridized carbons (Fsp3) is 0.304. The number of amides is 2. The number of carbonyl (C=O) groups excluding carboxylic acids is 2. The zero-order valence-electron chi connectivity index (χ0n) is 31.6. The van der Waals surface area contributed by atoms with E-state index in [1.54, 1.807) is 0 Å². The molecule has 2 amide bonds. The van der Waals surface area contributed by atoms with Crippen molar-refractivity contribution in [3.05, 3.63) is 178 Å². The van der Waals surface area contributed by atoms with Crippen LogP contribution in [-0.2, 0) is 33.8 Å². The average Bonchev–Trinajstić information content (AvgIpc) is 3.23. The Labute approximate surface area is 323 Å². The average molecular weight is 742 g/mol. The van der Waals surface area contributed by atoms with E-state index < -0.39 is 30.6 Å². The lowest BCUT2D eigenvalue weighted by Crippen LogP contribution is -2.46. The second kappa shape index (κ2) is 18.9. The van der Waals surface area contributed by atoms with Gasteiger partial charge in [-0.05, 0) is 60.7 Å². The lowest BCUT2D eigenvalue weighted by molar-refractivity contribution is -0.264. The first-order chi connectivity index (χ1) is 26.7. The topological polar surface area (TPSA) is 120 Å². The SMILES string of the molecule is CC(=O)C(Cc1ccccc1)NC(=O)NCc1ccc(C2OC(CN(C)C(C)C(O)c3ccccc3)C(c3ccccc3)C(c3ccc(CO)cc3)O2)cc1. The van der Waals surface area contributed by atoms with Gasteiger partial charge in [0.05, 0.1) is 31.0 Å². The van der Waals surface area contributed by atoms with Crippen molar-refractivity contribution in [1.82, 2.24) is 15.5 Å². The summed E-state index contributed by atoms with van der Waals surface area (Å²) in [6.07, 6.45) is -1.72. The molecule has 9 heteroatoms. The Kier molecular flexibility index (Phi) is 13.6. The molecule has 0 aromatic heterocycles. The molecular weight excluding hydrogens is 691 g/mol. The number of benzene rings is 5. The maximum atomic E-state index is 12.8. The Balaban J connectivity index is 1.21. The zero-order valence-corrected chi connectivity index (χ0v) is 31.6. The molecule has 286 valence electrons. The summed E-state index contributed by atoms with van der Waals surface area (Å²) in [6, 6.07) is 43.9. The second-order valence-corrected chi connectivity index (χ2v) is 14.4. The molecule has 1 saturated heterocycles. The van der Waals surface area contributed by atoms with Gasteiger partial charge in [-0.25, -0.2) is 4.79 Å². The van der Waals surface area contributed by atoms with Crippen LogP contribution in [0.15, 0.2) is 140 Å². The smallest absolute Gasteiger partial charge is 0.315 e. The summed E-state index contributed by atoms with van der Waals surface area (Å²) in [6.45, 7) is 4.23. The van der Waals surface area contributed by atoms with Crippen molar-refractivity contribution < 1.29 is 29.3 Å². The van der Waals surface area contributed by atoms with Crippen molar-refractivity contribution in [1.29, 1.82) is 0 Å². The van der Waals surface area contributed by atoms with E-state index in [9.17, 15) is 19.8 Å². The molecule has 5 aromatic rings. The molecule has 0 bridgehead atoms. The largest absolute Gasteiger partial charge is 0.392 e. The van der Waals surface area contributed by atoms with Crippen molar-refractivity contribution in [3.8, 4) is 0 Å². The van der Waals surface area contributed by atoms with Crippen molar-refractivity contribution in [3.63, 3.8) is 0 Å². The van der Waals surface area contributed by atoms with Gasteiger partial charge >= 0.3 is 6.03 Å². The highest BCUT2D eigenvalue weighted by atomic mass is 16.7. The fourth-order valence-electron chi connectivity index (χ4n) is 7.12. The van der Waals surface area contributed by atoms with Gasteiger partial charge in [0, 0.05) is 30.6 Å². The van der Waals surface area contributed by atoms with E-state index >= 15 is 0 Å². The number of aliphatic hydroxyl groups is 2. The predicted octanol–water partition coefficient (Wildman–Crippen LogP) is 7.17. The molecule has 7 atom stereocenters. The number of aliphatic hydroxyl groups excluding tert-OH is 2. The van der Waals surface area contributed by atoms with Gasteiger partial charge in [0.1, 0.15) is 0 Å². The van der Waals surface area contributed by atoms with Crippen LogP contribution in [0.3, 0.4) is 0 Å². The molecule has 9 nitrogen and oxygen atoms in total. The fourth-order valence-corrected chi connectivity index (χ4v) is 7.12. The van der Waals surface area contributed by atoms with Crippen LogP contribution >= 0.6 is 0 Å². The number of ketones is 1. The summed E-state index contributed by atoms with van der Waals surface area (Å²) >= 11 is 0. The third-order valence-electron chi connectivity index (χ3n) is 10.5. The molecule has 0 radical (unpaired) electrons. The number of nitrogens with one attached hydrogen (secondary N) is 2. The molecule has 1 aliphatic rings. The number of ether oxygens (including phenoxy) is 2. The molecule has 1 aliphatic heterocycles. The van der Waals surface area contributed by atoms with Crippen LogP contribution in [0, 0.1) is 0 Å². The predicted molar refractivity (Wildman–Crippen MR) is 213 cm³/mol. The highest BCUT2D eigenvalue weighted by molar-refractivity contribution is 5.87. The van der Waals surface area contributed by atoms with Gasteiger partial charge in [-0.1, -0.05) is 140 Å². The molecule has 1 heterocycles. The Morgan fingerprint density at radius 2 is 1.31 bits per heavy atom. The van der Waals surface area contributed by atoms with Crippen molar-refractivity contribution >= 4 is 11.8 Å². The van der Waals surface area contributed by atoms with Crippen molar-refractivity contribution in [2.45, 2.75) is 76.0 Å². The summed E-state index contributed by atoms with van der Waals surface area (Å²) in [5.41, 5.74) is 6.37. The molecule has 5 aromatic carbocycles. The van der Waals surface area contributed by atoms with Crippen LogP contribution < -0.4 is 10.6 Å². The quantitative estimate of drug-likeness (QED) is 0.0899. The van der Waals surface area contributed by atoms with Gasteiger partial charge in [0.2, 0.25) is 0 Å². The summed E-state index contributed by atoms with van der Waals surface area (Å²) in [5.74, 6) is -0.303. The standard InChI is InChI=1S/C46H51N3O6/c1-31(43(52)37-17-11-6-12-18-37)49(3)29-41-42(36-15-9-5-10-16-36)44(38-23-21-35(30-50)22-24-38)55-45(54-41)39-25-19-34(20-26-39)28-47-46(53)48-40(32(2)51)27-33-13-7-4-8-14-33/h4-26,31,40-45,50,52H,27-30H2,1-3H3,(H2,47,48,53). The number of rotatable bonds is 15. The number of nitrogens with zero attached hydrogens (tertiary/aromatic N) is 1. The number of hydrogen-bond donors (Lipinski definition) is 4. The highest BCUT2D eigenvalue weighted by Crippen LogP contribution is 2.47. The maximum Gasteiger partial charge on any atom is 0.315 e. The van der Waals surface area contributed by atoms with Crippen LogP contribution in [0.5, 0.6) is 0 Å². The lowest BCUT2D eigenvalue weighted by atomic mass is 9.83. The number of carbonyl (C=O) groups is 2. The van der Waals surface area contributed by atoms with Gasteiger partial charge in [0.25, 0.3) is 0 Å². The monoisotopic (exact) mass is 741 g/mol. The molecule has 55 heavy (non-hydrogen) atoms. The molecule has 1 fully saturated rings. The van der Waals surface area contributed by atoms with Crippen LogP contribution in [0.2, 0.25) is 0 Å². The Morgan fingerprint density at radius 1 is 0.727 bits per heavy atom. The van der Waals surface area contributed by atoms with Crippen LogP contribution in [0.4, 0.5) is 4.79 Å². The van der Waals surface area contributed by atoms with E-state index in [2.05, 4.69) is 27.7 Å². The number of hydrogen-bond acceptors (Lipinski definition) is 7. The summed E-state index contributed by atoms with van der Waals surface area (Å²) in [7, 11) is 2.01. The van der Waals surface area contributed by atoms with Crippen LogP contribution in [-0.4, -0.2) is 58.7 Å². The first-order valence-corrected chi connectivity index (χ1v) is 18.9. The van der Waals surface area contributed by atoms with Crippen LogP contribution in [0.1, 0.15) is 77.2 Å².